The van der Waals surface area contributed by atoms with Crippen LogP contribution in [0.5, 0.6) is 11.5 Å². The molecule has 1 aliphatic heterocycles. The third kappa shape index (κ3) is 3.50. The number of aromatic hydroxyl groups is 1. The zero-order valence-electron chi connectivity index (χ0n) is 14.0. The molecule has 1 atom stereocenters. The number of piperidine rings is 1. The van der Waals surface area contributed by atoms with Crippen LogP contribution in [-0.4, -0.2) is 30.2 Å². The molecule has 2 aromatic carbocycles. The van der Waals surface area contributed by atoms with Gasteiger partial charge in [0.05, 0.1) is 7.11 Å². The van der Waals surface area contributed by atoms with E-state index in [-0.39, 0.29) is 5.75 Å². The predicted molar refractivity (Wildman–Crippen MR) is 93.9 cm³/mol. The van der Waals surface area contributed by atoms with E-state index in [9.17, 15) is 5.11 Å². The Kier molecular flexibility index (Phi) is 4.87. The lowest BCUT2D eigenvalue weighted by Crippen LogP contribution is -2.32. The van der Waals surface area contributed by atoms with E-state index in [1.165, 1.54) is 37.9 Å². The number of rotatable bonds is 4. The largest absolute Gasteiger partial charge is 0.507 e. The highest BCUT2D eigenvalue weighted by molar-refractivity contribution is 5.71. The summed E-state index contributed by atoms with van der Waals surface area (Å²) in [6.45, 7) is 4.67. The van der Waals surface area contributed by atoms with Crippen LogP contribution < -0.4 is 4.74 Å². The molecule has 0 amide bonds. The number of likely N-dealkylation sites (tertiary alicyclic amines) is 1. The standard InChI is InChI=1S/C20H25NO2/c1-15(21-12-4-3-5-13-21)16-6-8-17(9-7-16)19-14-18(23-2)10-11-20(19)22/h6-11,14-15,22H,3-5,12-13H2,1-2H3. The lowest BCUT2D eigenvalue weighted by atomic mass is 9.98. The fraction of sp³-hybridized carbons (Fsp3) is 0.400. The molecule has 3 rings (SSSR count). The van der Waals surface area contributed by atoms with Gasteiger partial charge in [-0.2, -0.15) is 0 Å². The van der Waals surface area contributed by atoms with Crippen molar-refractivity contribution in [3.63, 3.8) is 0 Å². The summed E-state index contributed by atoms with van der Waals surface area (Å²) in [7, 11) is 1.64. The Labute approximate surface area is 138 Å². The maximum atomic E-state index is 10.1. The van der Waals surface area contributed by atoms with Crippen LogP contribution in [0.15, 0.2) is 42.5 Å². The molecular weight excluding hydrogens is 286 g/mol. The molecule has 122 valence electrons. The van der Waals surface area contributed by atoms with Crippen molar-refractivity contribution in [1.82, 2.24) is 4.90 Å². The summed E-state index contributed by atoms with van der Waals surface area (Å²) in [4.78, 5) is 2.56. The van der Waals surface area contributed by atoms with Crippen molar-refractivity contribution in [3.8, 4) is 22.6 Å². The highest BCUT2D eigenvalue weighted by Crippen LogP contribution is 2.33. The van der Waals surface area contributed by atoms with Gasteiger partial charge in [-0.05, 0) is 62.2 Å². The lowest BCUT2D eigenvalue weighted by molar-refractivity contribution is 0.175. The number of methoxy groups -OCH3 is 1. The van der Waals surface area contributed by atoms with Gasteiger partial charge in [-0.1, -0.05) is 30.7 Å². The molecule has 0 radical (unpaired) electrons. The van der Waals surface area contributed by atoms with Gasteiger partial charge in [0.1, 0.15) is 11.5 Å². The maximum absolute atomic E-state index is 10.1. The number of phenolic OH excluding ortho intramolecular Hbond substituents is 1. The minimum Gasteiger partial charge on any atom is -0.507 e. The van der Waals surface area contributed by atoms with E-state index >= 15 is 0 Å². The highest BCUT2D eigenvalue weighted by atomic mass is 16.5. The second-order valence-electron chi connectivity index (χ2n) is 6.28. The molecule has 23 heavy (non-hydrogen) atoms. The second kappa shape index (κ2) is 7.05. The van der Waals surface area contributed by atoms with Crippen molar-refractivity contribution in [2.75, 3.05) is 20.2 Å². The smallest absolute Gasteiger partial charge is 0.123 e. The monoisotopic (exact) mass is 311 g/mol. The number of ether oxygens (including phenoxy) is 1. The van der Waals surface area contributed by atoms with E-state index in [1.54, 1.807) is 19.2 Å². The summed E-state index contributed by atoms with van der Waals surface area (Å²) in [5.74, 6) is 1.03. The van der Waals surface area contributed by atoms with Crippen molar-refractivity contribution >= 4 is 0 Å². The Morgan fingerprint density at radius 3 is 2.35 bits per heavy atom. The zero-order chi connectivity index (χ0) is 16.2. The molecule has 1 unspecified atom stereocenters. The summed E-state index contributed by atoms with van der Waals surface area (Å²) in [5.41, 5.74) is 3.15. The van der Waals surface area contributed by atoms with Gasteiger partial charge in [0, 0.05) is 11.6 Å². The molecule has 1 N–H and O–H groups in total. The minimum atomic E-state index is 0.280. The molecule has 0 spiro atoms. The van der Waals surface area contributed by atoms with Gasteiger partial charge < -0.3 is 9.84 Å². The quantitative estimate of drug-likeness (QED) is 0.894. The third-order valence-corrected chi connectivity index (χ3v) is 4.85. The molecule has 3 nitrogen and oxygen atoms in total. The van der Waals surface area contributed by atoms with Crippen molar-refractivity contribution in [2.45, 2.75) is 32.2 Å². The normalized spacial score (nSPS) is 17.0. The first-order valence-electron chi connectivity index (χ1n) is 8.40. The Hall–Kier alpha value is -2.00. The molecule has 0 bridgehead atoms. The van der Waals surface area contributed by atoms with Crippen LogP contribution in [0.1, 0.15) is 37.8 Å². The van der Waals surface area contributed by atoms with Crippen LogP contribution in [-0.2, 0) is 0 Å². The fourth-order valence-corrected chi connectivity index (χ4v) is 3.33. The maximum Gasteiger partial charge on any atom is 0.123 e. The summed E-state index contributed by atoms with van der Waals surface area (Å²) in [6, 6.07) is 14.3. The van der Waals surface area contributed by atoms with Gasteiger partial charge in [0.15, 0.2) is 0 Å². The first kappa shape index (κ1) is 15.9. The van der Waals surface area contributed by atoms with Crippen LogP contribution in [0.3, 0.4) is 0 Å². The molecular formula is C20H25NO2. The van der Waals surface area contributed by atoms with Crippen molar-refractivity contribution in [2.24, 2.45) is 0 Å². The molecule has 1 heterocycles. The predicted octanol–water partition coefficient (Wildman–Crippen LogP) is 4.61. The molecule has 1 aliphatic rings. The Balaban J connectivity index is 1.81. The average Bonchev–Trinajstić information content (AvgIpc) is 2.62. The summed E-state index contributed by atoms with van der Waals surface area (Å²) >= 11 is 0. The van der Waals surface area contributed by atoms with E-state index in [1.807, 2.05) is 6.07 Å². The number of hydrogen-bond acceptors (Lipinski definition) is 3. The van der Waals surface area contributed by atoms with Crippen molar-refractivity contribution in [1.29, 1.82) is 0 Å². The van der Waals surface area contributed by atoms with Gasteiger partial charge in [-0.3, -0.25) is 4.90 Å². The molecule has 2 aromatic rings. The number of nitrogens with zero attached hydrogens (tertiary/aromatic N) is 1. The lowest BCUT2D eigenvalue weighted by Gasteiger charge is -2.32. The first-order chi connectivity index (χ1) is 11.2. The summed E-state index contributed by atoms with van der Waals surface area (Å²) in [6.07, 6.45) is 3.97. The van der Waals surface area contributed by atoms with Gasteiger partial charge in [-0.15, -0.1) is 0 Å². The van der Waals surface area contributed by atoms with E-state index in [4.69, 9.17) is 4.74 Å². The fourth-order valence-electron chi connectivity index (χ4n) is 3.33. The third-order valence-electron chi connectivity index (χ3n) is 4.85. The average molecular weight is 311 g/mol. The molecule has 1 saturated heterocycles. The molecule has 0 aliphatic carbocycles. The molecule has 1 fully saturated rings. The van der Waals surface area contributed by atoms with Gasteiger partial charge >= 0.3 is 0 Å². The topological polar surface area (TPSA) is 32.7 Å². The molecule has 3 heteroatoms. The first-order valence-corrected chi connectivity index (χ1v) is 8.40. The number of benzene rings is 2. The van der Waals surface area contributed by atoms with Crippen LogP contribution >= 0.6 is 0 Å². The van der Waals surface area contributed by atoms with Crippen LogP contribution in [0, 0.1) is 0 Å². The number of hydrogen-bond donors (Lipinski definition) is 1. The Morgan fingerprint density at radius 1 is 1.00 bits per heavy atom. The van der Waals surface area contributed by atoms with Gasteiger partial charge in [0.2, 0.25) is 0 Å². The van der Waals surface area contributed by atoms with E-state index in [0.29, 0.717) is 6.04 Å². The van der Waals surface area contributed by atoms with E-state index < -0.39 is 0 Å². The van der Waals surface area contributed by atoms with Crippen molar-refractivity contribution in [3.05, 3.63) is 48.0 Å². The minimum absolute atomic E-state index is 0.280. The molecule has 0 saturated carbocycles. The summed E-state index contributed by atoms with van der Waals surface area (Å²) in [5, 5.41) is 10.1. The van der Waals surface area contributed by atoms with Crippen LogP contribution in [0.4, 0.5) is 0 Å². The van der Waals surface area contributed by atoms with E-state index in [0.717, 1.165) is 16.9 Å². The zero-order valence-corrected chi connectivity index (χ0v) is 14.0. The Bertz CT molecular complexity index is 645. The highest BCUT2D eigenvalue weighted by Gasteiger charge is 2.18. The van der Waals surface area contributed by atoms with Crippen molar-refractivity contribution < 1.29 is 9.84 Å². The Morgan fingerprint density at radius 2 is 1.70 bits per heavy atom. The molecule has 0 aromatic heterocycles. The van der Waals surface area contributed by atoms with Gasteiger partial charge in [-0.25, -0.2) is 0 Å². The van der Waals surface area contributed by atoms with Crippen LogP contribution in [0.25, 0.3) is 11.1 Å². The van der Waals surface area contributed by atoms with E-state index in [2.05, 4.69) is 36.1 Å². The van der Waals surface area contributed by atoms with Gasteiger partial charge in [0.25, 0.3) is 0 Å². The van der Waals surface area contributed by atoms with Crippen LogP contribution in [0.2, 0.25) is 0 Å². The second-order valence-corrected chi connectivity index (χ2v) is 6.28. The SMILES string of the molecule is COc1ccc(O)c(-c2ccc(C(C)N3CCCCC3)cc2)c1. The number of phenols is 1. The summed E-state index contributed by atoms with van der Waals surface area (Å²) < 4.78 is 5.25.